The minimum absolute atomic E-state index is 0.00796. The Morgan fingerprint density at radius 1 is 1.57 bits per heavy atom. The van der Waals surface area contributed by atoms with Crippen molar-refractivity contribution in [1.82, 2.24) is 0 Å². The molecule has 0 bridgehead atoms. The number of carboxylic acid groups (broad SMARTS) is 1. The summed E-state index contributed by atoms with van der Waals surface area (Å²) in [6.45, 7) is 0. The topological polar surface area (TPSA) is 67.5 Å². The Kier molecular flexibility index (Phi) is 3.53. The van der Waals surface area contributed by atoms with Crippen molar-refractivity contribution in [2.75, 3.05) is 6.26 Å². The van der Waals surface area contributed by atoms with Crippen LogP contribution in [0.25, 0.3) is 0 Å². The van der Waals surface area contributed by atoms with E-state index in [1.165, 1.54) is 12.3 Å². The molecule has 4 nitrogen and oxygen atoms in total. The minimum Gasteiger partial charge on any atom is -0.477 e. The number of hydrogen-bond donors (Lipinski definition) is 1. The smallest absolute Gasteiger partial charge is 0.342 e. The van der Waals surface area contributed by atoms with Crippen LogP contribution in [0.5, 0.6) is 0 Å². The number of furan rings is 1. The van der Waals surface area contributed by atoms with Gasteiger partial charge in [-0.15, -0.1) is 11.8 Å². The normalized spacial score (nSPS) is 11.4. The number of hydrogen-bond acceptors (Lipinski definition) is 4. The highest BCUT2D eigenvalue weighted by Crippen LogP contribution is 2.13. The molecular weight excluding hydrogens is 204 g/mol. The van der Waals surface area contributed by atoms with Gasteiger partial charge < -0.3 is 9.52 Å². The fraction of sp³-hybridized carbons (Fsp3) is 0.111. The van der Waals surface area contributed by atoms with E-state index in [0.29, 0.717) is 0 Å². The van der Waals surface area contributed by atoms with Crippen molar-refractivity contribution >= 4 is 23.5 Å². The molecule has 0 atom stereocenters. The van der Waals surface area contributed by atoms with E-state index in [2.05, 4.69) is 0 Å². The summed E-state index contributed by atoms with van der Waals surface area (Å²) in [7, 11) is 0. The Morgan fingerprint density at radius 3 is 2.71 bits per heavy atom. The van der Waals surface area contributed by atoms with E-state index >= 15 is 0 Å². The zero-order valence-electron chi connectivity index (χ0n) is 7.39. The van der Waals surface area contributed by atoms with Crippen LogP contribution in [0.15, 0.2) is 33.8 Å². The number of rotatable bonds is 4. The third-order valence-electron chi connectivity index (χ3n) is 1.46. The van der Waals surface area contributed by atoms with E-state index in [-0.39, 0.29) is 10.7 Å². The van der Waals surface area contributed by atoms with Gasteiger partial charge in [-0.2, -0.15) is 0 Å². The molecule has 0 saturated heterocycles. The van der Waals surface area contributed by atoms with Crippen molar-refractivity contribution in [1.29, 1.82) is 0 Å². The van der Waals surface area contributed by atoms with Gasteiger partial charge >= 0.3 is 5.97 Å². The van der Waals surface area contributed by atoms with Crippen molar-refractivity contribution in [3.05, 3.63) is 35.1 Å². The molecule has 1 aromatic rings. The molecule has 0 aliphatic heterocycles. The zero-order chi connectivity index (χ0) is 10.6. The van der Waals surface area contributed by atoms with Crippen LogP contribution < -0.4 is 0 Å². The monoisotopic (exact) mass is 212 g/mol. The lowest BCUT2D eigenvalue weighted by Crippen LogP contribution is -2.01. The Hall–Kier alpha value is -1.49. The summed E-state index contributed by atoms with van der Waals surface area (Å²) in [5.41, 5.74) is 0. The molecule has 0 unspecified atom stereocenters. The van der Waals surface area contributed by atoms with Crippen LogP contribution in [0.3, 0.4) is 0 Å². The zero-order valence-corrected chi connectivity index (χ0v) is 8.21. The van der Waals surface area contributed by atoms with Crippen LogP contribution in [0.2, 0.25) is 0 Å². The minimum atomic E-state index is -1.11. The second kappa shape index (κ2) is 4.66. The van der Waals surface area contributed by atoms with E-state index in [9.17, 15) is 9.59 Å². The number of carboxylic acids is 1. The number of carbonyl (C=O) groups is 2. The molecular formula is C9H8O4S. The quantitative estimate of drug-likeness (QED) is 0.608. The van der Waals surface area contributed by atoms with Gasteiger partial charge in [0, 0.05) is 6.08 Å². The van der Waals surface area contributed by atoms with Gasteiger partial charge in [0.1, 0.15) is 0 Å². The molecule has 5 heteroatoms. The van der Waals surface area contributed by atoms with Gasteiger partial charge in [0.25, 0.3) is 0 Å². The summed E-state index contributed by atoms with van der Waals surface area (Å²) in [6, 6.07) is 3.05. The van der Waals surface area contributed by atoms with E-state index in [1.807, 2.05) is 0 Å². The van der Waals surface area contributed by atoms with E-state index in [1.54, 1.807) is 12.3 Å². The Morgan fingerprint density at radius 2 is 2.29 bits per heavy atom. The predicted molar refractivity (Wildman–Crippen MR) is 52.3 cm³/mol. The summed E-state index contributed by atoms with van der Waals surface area (Å²) in [5.74, 6) is -1.42. The second-order valence-corrected chi connectivity index (χ2v) is 3.21. The molecule has 1 heterocycles. The highest BCUT2D eigenvalue weighted by Gasteiger charge is 2.11. The lowest BCUT2D eigenvalue weighted by atomic mass is 10.3. The average Bonchev–Trinajstić information content (AvgIpc) is 2.65. The summed E-state index contributed by atoms with van der Waals surface area (Å²) >= 11 is 1.00. The molecule has 0 aliphatic rings. The molecule has 0 radical (unpaired) electrons. The van der Waals surface area contributed by atoms with Gasteiger partial charge in [0.15, 0.2) is 5.76 Å². The van der Waals surface area contributed by atoms with Crippen LogP contribution in [-0.4, -0.2) is 23.1 Å². The third kappa shape index (κ3) is 2.50. The van der Waals surface area contributed by atoms with Crippen molar-refractivity contribution in [2.24, 2.45) is 0 Å². The standard InChI is InChI=1S/C9H8O4S/c1-14-8(9(11)12)5-6(10)7-3-2-4-13-7/h2-5H,1H3,(H,11,12). The highest BCUT2D eigenvalue weighted by atomic mass is 32.2. The molecule has 0 spiro atoms. The second-order valence-electron chi connectivity index (χ2n) is 2.36. The van der Waals surface area contributed by atoms with Crippen LogP contribution in [-0.2, 0) is 4.79 Å². The largest absolute Gasteiger partial charge is 0.477 e. The van der Waals surface area contributed by atoms with Gasteiger partial charge in [-0.05, 0) is 18.4 Å². The molecule has 0 saturated carbocycles. The first-order valence-electron chi connectivity index (χ1n) is 3.72. The molecule has 0 amide bonds. The fourth-order valence-corrected chi connectivity index (χ4v) is 1.22. The maximum atomic E-state index is 11.3. The number of aliphatic carboxylic acids is 1. The maximum Gasteiger partial charge on any atom is 0.342 e. The Bertz CT molecular complexity index is 364. The molecule has 74 valence electrons. The van der Waals surface area contributed by atoms with Crippen molar-refractivity contribution in [3.8, 4) is 0 Å². The van der Waals surface area contributed by atoms with E-state index in [4.69, 9.17) is 9.52 Å². The van der Waals surface area contributed by atoms with Crippen LogP contribution in [0.4, 0.5) is 0 Å². The summed E-state index contributed by atoms with van der Waals surface area (Å²) in [5, 5.41) is 8.65. The number of allylic oxidation sites excluding steroid dienone is 1. The maximum absolute atomic E-state index is 11.3. The molecule has 1 aromatic heterocycles. The van der Waals surface area contributed by atoms with Gasteiger partial charge in [-0.1, -0.05) is 0 Å². The fourth-order valence-electron chi connectivity index (χ4n) is 0.817. The number of thioether (sulfide) groups is 1. The van der Waals surface area contributed by atoms with Crippen molar-refractivity contribution in [2.45, 2.75) is 0 Å². The van der Waals surface area contributed by atoms with Crippen LogP contribution in [0, 0.1) is 0 Å². The highest BCUT2D eigenvalue weighted by molar-refractivity contribution is 8.03. The Labute approximate surface area is 84.6 Å². The SMILES string of the molecule is CSC(=CC(=O)c1ccco1)C(=O)O. The first-order chi connectivity index (χ1) is 6.65. The predicted octanol–water partition coefficient (Wildman–Crippen LogP) is 1.79. The molecule has 0 aliphatic carbocycles. The van der Waals surface area contributed by atoms with Gasteiger partial charge in [0.2, 0.25) is 5.78 Å². The first kappa shape index (κ1) is 10.6. The van der Waals surface area contributed by atoms with Crippen molar-refractivity contribution < 1.29 is 19.1 Å². The lowest BCUT2D eigenvalue weighted by Gasteiger charge is -1.94. The molecule has 0 aromatic carbocycles. The third-order valence-corrected chi connectivity index (χ3v) is 2.19. The Balaban J connectivity index is 2.86. The molecule has 14 heavy (non-hydrogen) atoms. The number of carbonyl (C=O) groups excluding carboxylic acids is 1. The summed E-state index contributed by atoms with van der Waals surface area (Å²) < 4.78 is 4.82. The van der Waals surface area contributed by atoms with Crippen molar-refractivity contribution in [3.63, 3.8) is 0 Å². The molecule has 1 rings (SSSR count). The lowest BCUT2D eigenvalue weighted by molar-refractivity contribution is -0.131. The van der Waals surface area contributed by atoms with Gasteiger partial charge in [-0.25, -0.2) is 4.79 Å². The molecule has 1 N–H and O–H groups in total. The van der Waals surface area contributed by atoms with E-state index in [0.717, 1.165) is 17.8 Å². The summed E-state index contributed by atoms with van der Waals surface area (Å²) in [6.07, 6.45) is 4.00. The van der Waals surface area contributed by atoms with Gasteiger partial charge in [-0.3, -0.25) is 4.79 Å². The van der Waals surface area contributed by atoms with Gasteiger partial charge in [0.05, 0.1) is 11.2 Å². The number of ketones is 1. The van der Waals surface area contributed by atoms with Crippen LogP contribution in [0.1, 0.15) is 10.6 Å². The molecule has 0 fully saturated rings. The van der Waals surface area contributed by atoms with E-state index < -0.39 is 11.8 Å². The first-order valence-corrected chi connectivity index (χ1v) is 4.94. The average molecular weight is 212 g/mol. The summed E-state index contributed by atoms with van der Waals surface area (Å²) in [4.78, 5) is 21.9. The van der Waals surface area contributed by atoms with Crippen LogP contribution >= 0.6 is 11.8 Å².